The summed E-state index contributed by atoms with van der Waals surface area (Å²) in [5, 5.41) is 12.8. The Morgan fingerprint density at radius 2 is 2.05 bits per heavy atom. The van der Waals surface area contributed by atoms with Gasteiger partial charge >= 0.3 is 0 Å². The van der Waals surface area contributed by atoms with E-state index in [9.17, 15) is 0 Å². The Balaban J connectivity index is 2.52. The van der Waals surface area contributed by atoms with E-state index in [2.05, 4.69) is 21.1 Å². The monoisotopic (exact) mass is 382 g/mol. The number of halogens is 3. The van der Waals surface area contributed by atoms with Crippen LogP contribution in [0.4, 0.5) is 0 Å². The first-order valence-corrected chi connectivity index (χ1v) is 7.58. The average Bonchev–Trinajstić information content (AvgIpc) is 2.39. The second-order valence-electron chi connectivity index (χ2n) is 5.02. The molecule has 4 nitrogen and oxygen atoms in total. The quantitative estimate of drug-likeness (QED) is 0.187. The van der Waals surface area contributed by atoms with Crippen molar-refractivity contribution in [2.75, 3.05) is 6.61 Å². The van der Waals surface area contributed by atoms with Crippen LogP contribution in [0.3, 0.4) is 0 Å². The minimum Gasteiger partial charge on any atom is -0.492 e. The van der Waals surface area contributed by atoms with Gasteiger partial charge in [0, 0.05) is 16.0 Å². The Bertz CT molecular complexity index is 507. The van der Waals surface area contributed by atoms with Crippen LogP contribution in [0.5, 0.6) is 5.75 Å². The van der Waals surface area contributed by atoms with Gasteiger partial charge in [0.2, 0.25) is 0 Å². The predicted molar refractivity (Wildman–Crippen MR) is 86.1 cm³/mol. The van der Waals surface area contributed by atoms with Crippen LogP contribution in [-0.2, 0) is 0 Å². The molecule has 0 saturated carbocycles. The van der Waals surface area contributed by atoms with Gasteiger partial charge in [0.25, 0.3) is 0 Å². The van der Waals surface area contributed by atoms with Crippen molar-refractivity contribution in [3.8, 4) is 5.75 Å². The molecule has 0 fully saturated rings. The standard InChI is InChI=1S/C13H17BrCl2N2O2/c1-13(2,12(17)18-19)4-3-5-20-11-7-9(15)8(14)6-10(11)16/h6-7,19H,3-5H2,1-2H3,(H2,17,18). The highest BCUT2D eigenvalue weighted by molar-refractivity contribution is 9.10. The van der Waals surface area contributed by atoms with Gasteiger partial charge in [-0.3, -0.25) is 0 Å². The lowest BCUT2D eigenvalue weighted by Crippen LogP contribution is -2.32. The van der Waals surface area contributed by atoms with Gasteiger partial charge in [-0.05, 0) is 34.8 Å². The number of rotatable bonds is 6. The van der Waals surface area contributed by atoms with E-state index in [4.69, 9.17) is 38.9 Å². The summed E-state index contributed by atoms with van der Waals surface area (Å²) in [5.74, 6) is 0.753. The van der Waals surface area contributed by atoms with Crippen LogP contribution in [0.1, 0.15) is 26.7 Å². The second-order valence-corrected chi connectivity index (χ2v) is 6.69. The lowest BCUT2D eigenvalue weighted by atomic mass is 9.87. The Morgan fingerprint density at radius 1 is 1.40 bits per heavy atom. The molecule has 0 aromatic heterocycles. The SMILES string of the molecule is CC(C)(CCCOc1cc(Cl)c(Br)cc1Cl)/C(N)=N/O. The van der Waals surface area contributed by atoms with Crippen molar-refractivity contribution in [3.63, 3.8) is 0 Å². The van der Waals surface area contributed by atoms with Crippen molar-refractivity contribution in [3.05, 3.63) is 26.7 Å². The molecule has 1 aromatic carbocycles. The summed E-state index contributed by atoms with van der Waals surface area (Å²) in [4.78, 5) is 0. The van der Waals surface area contributed by atoms with E-state index in [0.717, 1.165) is 17.3 Å². The lowest BCUT2D eigenvalue weighted by Gasteiger charge is -2.22. The Morgan fingerprint density at radius 3 is 2.65 bits per heavy atom. The fraction of sp³-hybridized carbons (Fsp3) is 0.462. The van der Waals surface area contributed by atoms with Gasteiger partial charge in [-0.25, -0.2) is 0 Å². The van der Waals surface area contributed by atoms with Crippen LogP contribution < -0.4 is 10.5 Å². The molecule has 0 radical (unpaired) electrons. The molecule has 1 aromatic rings. The normalized spacial score (nSPS) is 12.6. The van der Waals surface area contributed by atoms with E-state index in [-0.39, 0.29) is 11.3 Å². The number of benzene rings is 1. The molecule has 112 valence electrons. The van der Waals surface area contributed by atoms with Crippen LogP contribution in [-0.4, -0.2) is 17.6 Å². The summed E-state index contributed by atoms with van der Waals surface area (Å²) in [5.41, 5.74) is 5.24. The third kappa shape index (κ3) is 4.72. The van der Waals surface area contributed by atoms with Crippen molar-refractivity contribution < 1.29 is 9.94 Å². The maximum absolute atomic E-state index is 8.69. The Kier molecular flexibility index (Phi) is 6.43. The molecule has 0 bridgehead atoms. The maximum Gasteiger partial charge on any atom is 0.144 e. The lowest BCUT2D eigenvalue weighted by molar-refractivity contribution is 0.277. The summed E-state index contributed by atoms with van der Waals surface area (Å²) in [6.07, 6.45) is 1.47. The molecule has 0 amide bonds. The second kappa shape index (κ2) is 7.38. The first-order valence-electron chi connectivity index (χ1n) is 6.03. The summed E-state index contributed by atoms with van der Waals surface area (Å²) >= 11 is 15.3. The highest BCUT2D eigenvalue weighted by Gasteiger charge is 2.23. The molecule has 0 heterocycles. The first kappa shape index (κ1) is 17.4. The van der Waals surface area contributed by atoms with Crippen molar-refractivity contribution in [2.24, 2.45) is 16.3 Å². The van der Waals surface area contributed by atoms with E-state index in [1.165, 1.54) is 0 Å². The summed E-state index contributed by atoms with van der Waals surface area (Å²) in [6.45, 7) is 4.29. The van der Waals surface area contributed by atoms with Gasteiger partial charge in [-0.15, -0.1) is 0 Å². The highest BCUT2D eigenvalue weighted by Crippen LogP contribution is 2.34. The first-order chi connectivity index (χ1) is 9.27. The largest absolute Gasteiger partial charge is 0.492 e. The van der Waals surface area contributed by atoms with E-state index < -0.39 is 0 Å². The number of hydrogen-bond donors (Lipinski definition) is 2. The zero-order valence-electron chi connectivity index (χ0n) is 11.3. The molecular weight excluding hydrogens is 367 g/mol. The van der Waals surface area contributed by atoms with Gasteiger partial charge in [0.1, 0.15) is 11.6 Å². The van der Waals surface area contributed by atoms with Crippen molar-refractivity contribution in [2.45, 2.75) is 26.7 Å². The van der Waals surface area contributed by atoms with E-state index in [1.807, 2.05) is 13.8 Å². The molecule has 0 aliphatic heterocycles. The van der Waals surface area contributed by atoms with Gasteiger partial charge in [0.15, 0.2) is 0 Å². The predicted octanol–water partition coefficient (Wildman–Crippen LogP) is 4.69. The minimum atomic E-state index is -0.376. The molecule has 3 N–H and O–H groups in total. The van der Waals surface area contributed by atoms with Gasteiger partial charge in [-0.1, -0.05) is 42.2 Å². The minimum absolute atomic E-state index is 0.210. The van der Waals surface area contributed by atoms with E-state index in [0.29, 0.717) is 22.4 Å². The highest BCUT2D eigenvalue weighted by atomic mass is 79.9. The van der Waals surface area contributed by atoms with Crippen LogP contribution in [0.2, 0.25) is 10.0 Å². The molecule has 20 heavy (non-hydrogen) atoms. The van der Waals surface area contributed by atoms with Crippen molar-refractivity contribution in [1.82, 2.24) is 0 Å². The molecule has 0 aliphatic rings. The third-order valence-electron chi connectivity index (χ3n) is 2.98. The van der Waals surface area contributed by atoms with Crippen LogP contribution in [0.25, 0.3) is 0 Å². The zero-order valence-corrected chi connectivity index (χ0v) is 14.4. The molecule has 7 heteroatoms. The topological polar surface area (TPSA) is 67.8 Å². The van der Waals surface area contributed by atoms with Crippen LogP contribution in [0.15, 0.2) is 21.8 Å². The Hall–Kier alpha value is -0.650. The van der Waals surface area contributed by atoms with Crippen LogP contribution >= 0.6 is 39.1 Å². The van der Waals surface area contributed by atoms with Gasteiger partial charge in [0.05, 0.1) is 16.7 Å². The molecular formula is C13H17BrCl2N2O2. The fourth-order valence-corrected chi connectivity index (χ4v) is 2.42. The molecule has 0 aliphatic carbocycles. The van der Waals surface area contributed by atoms with Gasteiger partial charge < -0.3 is 15.7 Å². The molecule has 0 saturated heterocycles. The summed E-state index contributed by atoms with van der Waals surface area (Å²) in [6, 6.07) is 3.36. The van der Waals surface area contributed by atoms with Crippen LogP contribution in [0, 0.1) is 5.41 Å². The van der Waals surface area contributed by atoms with Crippen molar-refractivity contribution >= 4 is 45.0 Å². The number of oxime groups is 1. The maximum atomic E-state index is 8.69. The van der Waals surface area contributed by atoms with Gasteiger partial charge in [-0.2, -0.15) is 0 Å². The average molecular weight is 384 g/mol. The molecule has 1 rings (SSSR count). The smallest absolute Gasteiger partial charge is 0.144 e. The van der Waals surface area contributed by atoms with Crippen molar-refractivity contribution in [1.29, 1.82) is 0 Å². The summed E-state index contributed by atoms with van der Waals surface area (Å²) in [7, 11) is 0. The number of nitrogens with zero attached hydrogens (tertiary/aromatic N) is 1. The number of nitrogens with two attached hydrogens (primary N) is 1. The number of ether oxygens (including phenoxy) is 1. The Labute approximate surface area is 137 Å². The zero-order chi connectivity index (χ0) is 15.3. The third-order valence-corrected chi connectivity index (χ3v) is 4.47. The number of hydrogen-bond acceptors (Lipinski definition) is 3. The summed E-state index contributed by atoms with van der Waals surface area (Å²) < 4.78 is 6.33. The molecule has 0 spiro atoms. The number of amidine groups is 1. The van der Waals surface area contributed by atoms with E-state index in [1.54, 1.807) is 12.1 Å². The van der Waals surface area contributed by atoms with E-state index >= 15 is 0 Å². The molecule has 0 unspecified atom stereocenters. The molecule has 0 atom stereocenters. The fourth-order valence-electron chi connectivity index (χ4n) is 1.57.